The van der Waals surface area contributed by atoms with Gasteiger partial charge in [0.05, 0.1) is 6.61 Å². The first-order chi connectivity index (χ1) is 11.1. The highest BCUT2D eigenvalue weighted by Crippen LogP contribution is 2.43. The van der Waals surface area contributed by atoms with E-state index in [1.165, 1.54) is 18.2 Å². The van der Waals surface area contributed by atoms with Crippen molar-refractivity contribution in [3.63, 3.8) is 0 Å². The van der Waals surface area contributed by atoms with Gasteiger partial charge in [-0.1, -0.05) is 6.07 Å². The summed E-state index contributed by atoms with van der Waals surface area (Å²) in [4.78, 5) is 6.51. The van der Waals surface area contributed by atoms with Gasteiger partial charge in [-0.3, -0.25) is 4.99 Å². The summed E-state index contributed by atoms with van der Waals surface area (Å²) in [5.74, 6) is 0.280. The van der Waals surface area contributed by atoms with Gasteiger partial charge in [0.15, 0.2) is 5.96 Å². The fourth-order valence-corrected chi connectivity index (χ4v) is 3.40. The molecule has 1 saturated heterocycles. The fourth-order valence-electron chi connectivity index (χ4n) is 3.40. The van der Waals surface area contributed by atoms with Gasteiger partial charge in [-0.25, -0.2) is 8.78 Å². The Kier molecular flexibility index (Phi) is 4.80. The van der Waals surface area contributed by atoms with Crippen LogP contribution in [0, 0.1) is 17.6 Å². The number of guanidine groups is 1. The van der Waals surface area contributed by atoms with Gasteiger partial charge in [-0.15, -0.1) is 0 Å². The molecular weight excluding hydrogens is 300 g/mol. The normalized spacial score (nSPS) is 27.4. The van der Waals surface area contributed by atoms with Gasteiger partial charge in [0, 0.05) is 50.7 Å². The van der Waals surface area contributed by atoms with E-state index in [0.29, 0.717) is 5.92 Å². The van der Waals surface area contributed by atoms with Crippen molar-refractivity contribution in [1.29, 1.82) is 0 Å². The zero-order valence-electron chi connectivity index (χ0n) is 13.6. The monoisotopic (exact) mass is 323 g/mol. The number of hydrogen-bond donors (Lipinski definition) is 1. The molecule has 6 heteroatoms. The van der Waals surface area contributed by atoms with Crippen molar-refractivity contribution >= 4 is 5.96 Å². The van der Waals surface area contributed by atoms with Crippen LogP contribution in [0.2, 0.25) is 0 Å². The van der Waals surface area contributed by atoms with Crippen molar-refractivity contribution in [3.05, 3.63) is 35.4 Å². The highest BCUT2D eigenvalue weighted by Gasteiger charge is 2.43. The molecule has 3 unspecified atom stereocenters. The molecule has 1 saturated carbocycles. The summed E-state index contributed by atoms with van der Waals surface area (Å²) in [5.41, 5.74) is 0.194. The molecule has 0 amide bonds. The van der Waals surface area contributed by atoms with Crippen LogP contribution in [-0.2, 0) is 4.74 Å². The lowest BCUT2D eigenvalue weighted by atomic mass is 10.1. The molecule has 2 fully saturated rings. The average molecular weight is 323 g/mol. The number of rotatable bonds is 4. The molecule has 0 radical (unpaired) electrons. The van der Waals surface area contributed by atoms with E-state index in [4.69, 9.17) is 4.74 Å². The van der Waals surface area contributed by atoms with Crippen molar-refractivity contribution in [3.8, 4) is 0 Å². The van der Waals surface area contributed by atoms with E-state index in [2.05, 4.69) is 15.2 Å². The molecule has 1 aromatic rings. The summed E-state index contributed by atoms with van der Waals surface area (Å²) in [7, 11) is 3.46. The molecule has 1 heterocycles. The van der Waals surface area contributed by atoms with E-state index in [1.54, 1.807) is 14.2 Å². The molecule has 2 aliphatic rings. The predicted molar refractivity (Wildman–Crippen MR) is 85.6 cm³/mol. The molecular formula is C17H23F2N3O. The number of halogens is 2. The minimum absolute atomic E-state index is 0.0431. The maximum absolute atomic E-state index is 13.8. The zero-order valence-corrected chi connectivity index (χ0v) is 13.6. The van der Waals surface area contributed by atoms with Gasteiger partial charge in [0.25, 0.3) is 0 Å². The Morgan fingerprint density at radius 2 is 2.13 bits per heavy atom. The second-order valence-electron chi connectivity index (χ2n) is 6.33. The van der Waals surface area contributed by atoms with E-state index in [-0.39, 0.29) is 17.5 Å². The van der Waals surface area contributed by atoms with E-state index < -0.39 is 11.6 Å². The first-order valence-corrected chi connectivity index (χ1v) is 8.05. The van der Waals surface area contributed by atoms with E-state index in [1.807, 2.05) is 0 Å². The van der Waals surface area contributed by atoms with Gasteiger partial charge in [0.1, 0.15) is 11.6 Å². The molecule has 0 spiro atoms. The maximum Gasteiger partial charge on any atom is 0.193 e. The van der Waals surface area contributed by atoms with Crippen molar-refractivity contribution in [2.24, 2.45) is 10.9 Å². The van der Waals surface area contributed by atoms with Crippen LogP contribution in [0.5, 0.6) is 0 Å². The summed E-state index contributed by atoms with van der Waals surface area (Å²) in [6.07, 6.45) is 1.80. The lowest BCUT2D eigenvalue weighted by Crippen LogP contribution is -2.41. The van der Waals surface area contributed by atoms with Gasteiger partial charge in [-0.05, 0) is 25.0 Å². The third-order valence-electron chi connectivity index (χ3n) is 4.67. The van der Waals surface area contributed by atoms with E-state index in [9.17, 15) is 8.78 Å². The quantitative estimate of drug-likeness (QED) is 0.683. The number of likely N-dealkylation sites (tertiary alicyclic amines) is 1. The van der Waals surface area contributed by atoms with Gasteiger partial charge < -0.3 is 15.0 Å². The lowest BCUT2D eigenvalue weighted by molar-refractivity contribution is 0.157. The molecule has 3 atom stereocenters. The molecule has 1 aromatic carbocycles. The molecule has 0 bridgehead atoms. The number of hydrogen-bond acceptors (Lipinski definition) is 2. The van der Waals surface area contributed by atoms with Crippen molar-refractivity contribution in [2.45, 2.75) is 24.8 Å². The Bertz CT molecular complexity index is 573. The van der Waals surface area contributed by atoms with Crippen molar-refractivity contribution in [2.75, 3.05) is 33.9 Å². The highest BCUT2D eigenvalue weighted by molar-refractivity contribution is 5.81. The number of ether oxygens (including phenoxy) is 1. The second-order valence-corrected chi connectivity index (χ2v) is 6.33. The SMILES string of the molecule is CN=C(NC1CC1c1c(F)cccc1F)N1CCC(COC)C1. The molecule has 3 rings (SSSR count). The molecule has 23 heavy (non-hydrogen) atoms. The first kappa shape index (κ1) is 16.2. The van der Waals surface area contributed by atoms with Crippen LogP contribution in [0.3, 0.4) is 0 Å². The Morgan fingerprint density at radius 3 is 2.78 bits per heavy atom. The molecule has 1 aliphatic heterocycles. The Hall–Kier alpha value is -1.69. The first-order valence-electron chi connectivity index (χ1n) is 8.05. The van der Waals surface area contributed by atoms with E-state index >= 15 is 0 Å². The number of benzene rings is 1. The third-order valence-corrected chi connectivity index (χ3v) is 4.67. The third kappa shape index (κ3) is 3.47. The second kappa shape index (κ2) is 6.83. The molecule has 4 nitrogen and oxygen atoms in total. The molecule has 0 aromatic heterocycles. The minimum Gasteiger partial charge on any atom is -0.384 e. The average Bonchev–Trinajstić information content (AvgIpc) is 3.11. The van der Waals surface area contributed by atoms with Crippen LogP contribution in [0.4, 0.5) is 8.78 Å². The number of nitrogens with one attached hydrogen (secondary N) is 1. The largest absolute Gasteiger partial charge is 0.384 e. The van der Waals surface area contributed by atoms with Crippen LogP contribution in [0.1, 0.15) is 24.3 Å². The standard InChI is InChI=1S/C17H23F2N3O/c1-20-17(22-7-6-11(9-22)10-23-2)21-15-8-12(15)16-13(18)4-3-5-14(16)19/h3-5,11-12,15H,6-10H2,1-2H3,(H,20,21). The summed E-state index contributed by atoms with van der Waals surface area (Å²) in [6.45, 7) is 2.58. The summed E-state index contributed by atoms with van der Waals surface area (Å²) in [6, 6.07) is 4.08. The van der Waals surface area contributed by atoms with E-state index in [0.717, 1.165) is 38.5 Å². The lowest BCUT2D eigenvalue weighted by Gasteiger charge is -2.22. The summed E-state index contributed by atoms with van der Waals surface area (Å²) in [5, 5.41) is 3.35. The predicted octanol–water partition coefficient (Wildman–Crippen LogP) is 2.36. The highest BCUT2D eigenvalue weighted by atomic mass is 19.1. The van der Waals surface area contributed by atoms with Crippen LogP contribution in [0.15, 0.2) is 23.2 Å². The summed E-state index contributed by atoms with van der Waals surface area (Å²) < 4.78 is 32.9. The van der Waals surface area contributed by atoms with Crippen molar-refractivity contribution < 1.29 is 13.5 Å². The van der Waals surface area contributed by atoms with Crippen LogP contribution in [0.25, 0.3) is 0 Å². The minimum atomic E-state index is -0.462. The number of nitrogens with zero attached hydrogens (tertiary/aromatic N) is 2. The smallest absolute Gasteiger partial charge is 0.193 e. The topological polar surface area (TPSA) is 36.9 Å². The Balaban J connectivity index is 1.60. The fraction of sp³-hybridized carbons (Fsp3) is 0.588. The van der Waals surface area contributed by atoms with Crippen LogP contribution < -0.4 is 5.32 Å². The van der Waals surface area contributed by atoms with Gasteiger partial charge in [-0.2, -0.15) is 0 Å². The molecule has 126 valence electrons. The van der Waals surface area contributed by atoms with Crippen LogP contribution >= 0.6 is 0 Å². The zero-order chi connectivity index (χ0) is 16.4. The van der Waals surface area contributed by atoms with Gasteiger partial charge in [0.2, 0.25) is 0 Å². The van der Waals surface area contributed by atoms with Crippen LogP contribution in [-0.4, -0.2) is 50.8 Å². The van der Waals surface area contributed by atoms with Crippen molar-refractivity contribution in [1.82, 2.24) is 10.2 Å². The Morgan fingerprint density at radius 1 is 1.39 bits per heavy atom. The summed E-state index contributed by atoms with van der Waals surface area (Å²) >= 11 is 0. The number of methoxy groups -OCH3 is 1. The number of aliphatic imine (C=N–C) groups is 1. The Labute approximate surface area is 135 Å². The molecule has 1 N–H and O–H groups in total. The maximum atomic E-state index is 13.8. The van der Waals surface area contributed by atoms with Gasteiger partial charge >= 0.3 is 0 Å². The molecule has 1 aliphatic carbocycles.